The van der Waals surface area contributed by atoms with Gasteiger partial charge >= 0.3 is 5.97 Å². The molecule has 0 aliphatic heterocycles. The van der Waals surface area contributed by atoms with Gasteiger partial charge < -0.3 is 10.4 Å². The zero-order chi connectivity index (χ0) is 16.7. The van der Waals surface area contributed by atoms with E-state index in [1.54, 1.807) is 24.3 Å². The molecule has 1 saturated carbocycles. The lowest BCUT2D eigenvalue weighted by atomic mass is 9.93. The largest absolute Gasteiger partial charge is 0.481 e. The molecule has 6 heteroatoms. The summed E-state index contributed by atoms with van der Waals surface area (Å²) in [6, 6.07) is 8.97. The number of nitrogens with one attached hydrogen (secondary N) is 1. The van der Waals surface area contributed by atoms with Gasteiger partial charge in [0.05, 0.1) is 23.5 Å². The van der Waals surface area contributed by atoms with Gasteiger partial charge in [-0.25, -0.2) is 0 Å². The van der Waals surface area contributed by atoms with Crippen molar-refractivity contribution in [3.63, 3.8) is 0 Å². The summed E-state index contributed by atoms with van der Waals surface area (Å²) in [7, 11) is 0. The molecule has 23 heavy (non-hydrogen) atoms. The second-order valence-electron chi connectivity index (χ2n) is 5.89. The maximum Gasteiger partial charge on any atom is 0.305 e. The van der Waals surface area contributed by atoms with E-state index >= 15 is 0 Å². The van der Waals surface area contributed by atoms with Gasteiger partial charge in [-0.3, -0.25) is 14.4 Å². The molecule has 0 heterocycles. The van der Waals surface area contributed by atoms with Crippen molar-refractivity contribution >= 4 is 29.4 Å². The fourth-order valence-electron chi connectivity index (χ4n) is 2.96. The van der Waals surface area contributed by atoms with Gasteiger partial charge in [-0.15, -0.1) is 11.8 Å². The molecule has 2 rings (SSSR count). The monoisotopic (exact) mass is 335 g/mol. The minimum absolute atomic E-state index is 0.00971. The second-order valence-corrected chi connectivity index (χ2v) is 6.87. The number of carboxylic acid groups (broad SMARTS) is 1. The molecule has 1 aliphatic rings. The van der Waals surface area contributed by atoms with Gasteiger partial charge in [0.2, 0.25) is 5.91 Å². The van der Waals surface area contributed by atoms with E-state index in [1.165, 1.54) is 11.8 Å². The van der Waals surface area contributed by atoms with Gasteiger partial charge in [0.25, 0.3) is 0 Å². The zero-order valence-electron chi connectivity index (χ0n) is 12.9. The van der Waals surface area contributed by atoms with Crippen LogP contribution in [-0.2, 0) is 9.59 Å². The summed E-state index contributed by atoms with van der Waals surface area (Å²) < 4.78 is 0. The van der Waals surface area contributed by atoms with Crippen LogP contribution >= 0.6 is 11.8 Å². The number of thioether (sulfide) groups is 1. The Bertz CT molecular complexity index is 567. The number of amides is 1. The second kappa shape index (κ2) is 8.15. The third-order valence-corrected chi connectivity index (χ3v) is 4.95. The molecule has 2 N–H and O–H groups in total. The molecule has 1 aromatic rings. The maximum atomic E-state index is 12.1. The van der Waals surface area contributed by atoms with Crippen LogP contribution in [0.4, 0.5) is 0 Å². The van der Waals surface area contributed by atoms with E-state index in [4.69, 9.17) is 5.11 Å². The first-order valence-corrected chi connectivity index (χ1v) is 8.85. The number of aliphatic carboxylic acids is 1. The third-order valence-electron chi connectivity index (χ3n) is 4.02. The molecular formula is C17H21NO4S. The quantitative estimate of drug-likeness (QED) is 0.713. The lowest BCUT2D eigenvalue weighted by molar-refractivity contribution is -0.139. The van der Waals surface area contributed by atoms with E-state index in [-0.39, 0.29) is 29.6 Å². The standard InChI is InChI=1S/C17H21NO4S/c19-14(13-6-2-1-3-7-13)11-23-12-15(20)18-17(10-16(21)22)8-4-5-9-17/h1-3,6-7H,4-5,8-12H2,(H,18,20)(H,21,22). The Morgan fingerprint density at radius 2 is 1.74 bits per heavy atom. The van der Waals surface area contributed by atoms with Crippen molar-refractivity contribution in [1.29, 1.82) is 0 Å². The van der Waals surface area contributed by atoms with Crippen molar-refractivity contribution in [2.75, 3.05) is 11.5 Å². The zero-order valence-corrected chi connectivity index (χ0v) is 13.7. The molecule has 1 fully saturated rings. The molecule has 0 spiro atoms. The molecule has 0 radical (unpaired) electrons. The van der Waals surface area contributed by atoms with Crippen molar-refractivity contribution in [3.05, 3.63) is 35.9 Å². The van der Waals surface area contributed by atoms with Crippen LogP contribution in [0.2, 0.25) is 0 Å². The molecule has 124 valence electrons. The predicted molar refractivity (Wildman–Crippen MR) is 89.7 cm³/mol. The first kappa shape index (κ1) is 17.5. The predicted octanol–water partition coefficient (Wildman–Crippen LogP) is 2.51. The Morgan fingerprint density at radius 3 is 2.35 bits per heavy atom. The average Bonchev–Trinajstić information content (AvgIpc) is 2.95. The Balaban J connectivity index is 1.78. The van der Waals surface area contributed by atoms with Gasteiger partial charge in [0, 0.05) is 5.56 Å². The number of carbonyl (C=O) groups excluding carboxylic acids is 2. The van der Waals surface area contributed by atoms with Gasteiger partial charge in [-0.2, -0.15) is 0 Å². The highest BCUT2D eigenvalue weighted by Gasteiger charge is 2.37. The minimum atomic E-state index is -0.890. The van der Waals surface area contributed by atoms with Crippen molar-refractivity contribution in [3.8, 4) is 0 Å². The van der Waals surface area contributed by atoms with E-state index in [9.17, 15) is 14.4 Å². The molecule has 0 unspecified atom stereocenters. The van der Waals surface area contributed by atoms with Crippen LogP contribution < -0.4 is 5.32 Å². The highest BCUT2D eigenvalue weighted by atomic mass is 32.2. The Hall–Kier alpha value is -1.82. The molecule has 0 bridgehead atoms. The van der Waals surface area contributed by atoms with Crippen LogP contribution in [0.1, 0.15) is 42.5 Å². The maximum absolute atomic E-state index is 12.1. The fourth-order valence-corrected chi connectivity index (χ4v) is 3.67. The normalized spacial score (nSPS) is 16.0. The molecule has 0 aromatic heterocycles. The minimum Gasteiger partial charge on any atom is -0.481 e. The number of Topliss-reactive ketones (excluding diaryl/α,β-unsaturated/α-hetero) is 1. The van der Waals surface area contributed by atoms with Crippen LogP contribution in [0.5, 0.6) is 0 Å². The molecule has 1 aliphatic carbocycles. The van der Waals surface area contributed by atoms with Crippen LogP contribution in [0.15, 0.2) is 30.3 Å². The van der Waals surface area contributed by atoms with Gasteiger partial charge in [-0.1, -0.05) is 43.2 Å². The summed E-state index contributed by atoms with van der Waals surface area (Å²) in [5.41, 5.74) is 0.0333. The summed E-state index contributed by atoms with van der Waals surface area (Å²) in [6.07, 6.45) is 3.25. The first-order valence-electron chi connectivity index (χ1n) is 7.70. The molecular weight excluding hydrogens is 314 g/mol. The van der Waals surface area contributed by atoms with Gasteiger partial charge in [-0.05, 0) is 12.8 Å². The lowest BCUT2D eigenvalue weighted by Gasteiger charge is -2.28. The van der Waals surface area contributed by atoms with Gasteiger partial charge in [0.1, 0.15) is 0 Å². The van der Waals surface area contributed by atoms with Crippen LogP contribution in [0.25, 0.3) is 0 Å². The number of hydrogen-bond acceptors (Lipinski definition) is 4. The van der Waals surface area contributed by atoms with Crippen molar-refractivity contribution in [2.24, 2.45) is 0 Å². The molecule has 1 amide bonds. The Kier molecular flexibility index (Phi) is 6.21. The van der Waals surface area contributed by atoms with Crippen molar-refractivity contribution < 1.29 is 19.5 Å². The summed E-state index contributed by atoms with van der Waals surface area (Å²) in [4.78, 5) is 35.0. The number of hydrogen-bond donors (Lipinski definition) is 2. The molecule has 5 nitrogen and oxygen atoms in total. The number of carboxylic acids is 1. The molecule has 1 aromatic carbocycles. The number of carbonyl (C=O) groups is 3. The lowest BCUT2D eigenvalue weighted by Crippen LogP contribution is -2.48. The van der Waals surface area contributed by atoms with E-state index in [2.05, 4.69) is 5.32 Å². The summed E-state index contributed by atoms with van der Waals surface area (Å²) in [5, 5.41) is 11.9. The summed E-state index contributed by atoms with van der Waals surface area (Å²) in [6.45, 7) is 0. The first-order chi connectivity index (χ1) is 11.0. The van der Waals surface area contributed by atoms with Gasteiger partial charge in [0.15, 0.2) is 5.78 Å². The van der Waals surface area contributed by atoms with E-state index < -0.39 is 11.5 Å². The van der Waals surface area contributed by atoms with Crippen LogP contribution in [0, 0.1) is 0 Å². The average molecular weight is 335 g/mol. The van der Waals surface area contributed by atoms with E-state index in [1.807, 2.05) is 6.07 Å². The van der Waals surface area contributed by atoms with E-state index in [0.717, 1.165) is 12.8 Å². The Morgan fingerprint density at radius 1 is 1.09 bits per heavy atom. The van der Waals surface area contributed by atoms with Crippen molar-refractivity contribution in [1.82, 2.24) is 5.32 Å². The summed E-state index contributed by atoms with van der Waals surface area (Å²) >= 11 is 1.26. The number of benzene rings is 1. The van der Waals surface area contributed by atoms with Crippen molar-refractivity contribution in [2.45, 2.75) is 37.6 Å². The highest BCUT2D eigenvalue weighted by Crippen LogP contribution is 2.32. The van der Waals surface area contributed by atoms with Crippen LogP contribution in [-0.4, -0.2) is 39.8 Å². The van der Waals surface area contributed by atoms with E-state index in [0.29, 0.717) is 18.4 Å². The Labute approximate surface area is 139 Å². The topological polar surface area (TPSA) is 83.5 Å². The summed E-state index contributed by atoms with van der Waals surface area (Å²) in [5.74, 6) is -0.689. The molecule has 0 atom stereocenters. The molecule has 0 saturated heterocycles. The van der Waals surface area contributed by atoms with Crippen LogP contribution in [0.3, 0.4) is 0 Å². The SMILES string of the molecule is O=C(O)CC1(NC(=O)CSCC(=O)c2ccccc2)CCCC1. The number of ketones is 1. The third kappa shape index (κ3) is 5.39. The smallest absolute Gasteiger partial charge is 0.305 e. The number of rotatable bonds is 8. The highest BCUT2D eigenvalue weighted by molar-refractivity contribution is 8.00. The fraction of sp³-hybridized carbons (Fsp3) is 0.471.